The highest BCUT2D eigenvalue weighted by Gasteiger charge is 2.13. The highest BCUT2D eigenvalue weighted by atomic mass is 35.5. The Morgan fingerprint density at radius 3 is 2.59 bits per heavy atom. The number of para-hydroxylation sites is 2. The van der Waals surface area contributed by atoms with E-state index in [9.17, 15) is 5.26 Å². The third kappa shape index (κ3) is 4.53. The lowest BCUT2D eigenvalue weighted by atomic mass is 10.1. The largest absolute Gasteiger partial charge is 0.493 e. The first-order valence-corrected chi connectivity index (χ1v) is 10.6. The number of imidazole rings is 1. The summed E-state index contributed by atoms with van der Waals surface area (Å²) in [4.78, 5) is 7.66. The predicted molar refractivity (Wildman–Crippen MR) is 128 cm³/mol. The SMILES string of the molecule is COc1cc(/C=C(\C#N)c2nc3ccccc3[nH]2)ccc1OCc1c(Cl)ccc(Cl)c1Cl. The van der Waals surface area contributed by atoms with Crippen LogP contribution in [0.3, 0.4) is 0 Å². The van der Waals surface area contributed by atoms with E-state index in [4.69, 9.17) is 44.3 Å². The second-order valence-electron chi connectivity index (χ2n) is 6.79. The molecule has 0 aliphatic rings. The maximum Gasteiger partial charge on any atom is 0.161 e. The van der Waals surface area contributed by atoms with E-state index in [1.807, 2.05) is 30.3 Å². The van der Waals surface area contributed by atoms with Crippen LogP contribution in [0.1, 0.15) is 17.0 Å². The van der Waals surface area contributed by atoms with Gasteiger partial charge in [-0.15, -0.1) is 0 Å². The molecule has 0 amide bonds. The number of hydrogen-bond acceptors (Lipinski definition) is 4. The number of allylic oxidation sites excluding steroid dienone is 1. The van der Waals surface area contributed by atoms with E-state index in [1.165, 1.54) is 0 Å². The van der Waals surface area contributed by atoms with Crippen LogP contribution in [0, 0.1) is 11.3 Å². The summed E-state index contributed by atoms with van der Waals surface area (Å²) in [5.41, 5.74) is 3.40. The molecule has 0 bridgehead atoms. The molecule has 3 aromatic carbocycles. The van der Waals surface area contributed by atoms with E-state index in [0.29, 0.717) is 43.5 Å². The first kappa shape index (κ1) is 22.0. The molecule has 0 fully saturated rings. The van der Waals surface area contributed by atoms with Crippen LogP contribution in [0.25, 0.3) is 22.7 Å². The summed E-state index contributed by atoms with van der Waals surface area (Å²) in [6, 6.07) is 18.5. The number of rotatable bonds is 6. The van der Waals surface area contributed by atoms with Gasteiger partial charge >= 0.3 is 0 Å². The third-order valence-corrected chi connectivity index (χ3v) is 5.97. The van der Waals surface area contributed by atoms with E-state index < -0.39 is 0 Å². The molecule has 0 saturated heterocycles. The first-order valence-electron chi connectivity index (χ1n) is 9.50. The molecule has 0 radical (unpaired) electrons. The zero-order chi connectivity index (χ0) is 22.7. The molecule has 0 atom stereocenters. The van der Waals surface area contributed by atoms with Gasteiger partial charge in [-0.05, 0) is 48.0 Å². The van der Waals surface area contributed by atoms with Crippen molar-refractivity contribution < 1.29 is 9.47 Å². The predicted octanol–water partition coefficient (Wildman–Crippen LogP) is 7.17. The third-order valence-electron chi connectivity index (χ3n) is 4.77. The number of fused-ring (bicyclic) bond motifs is 1. The molecule has 4 aromatic rings. The van der Waals surface area contributed by atoms with Crippen LogP contribution in [0.5, 0.6) is 11.5 Å². The van der Waals surface area contributed by atoms with Gasteiger partial charge in [0.1, 0.15) is 18.5 Å². The van der Waals surface area contributed by atoms with Gasteiger partial charge in [-0.2, -0.15) is 5.26 Å². The Morgan fingerprint density at radius 1 is 1.06 bits per heavy atom. The number of ether oxygens (including phenoxy) is 2. The van der Waals surface area contributed by atoms with Crippen molar-refractivity contribution in [3.05, 3.63) is 86.6 Å². The Morgan fingerprint density at radius 2 is 1.84 bits per heavy atom. The van der Waals surface area contributed by atoms with Crippen LogP contribution in [0.15, 0.2) is 54.6 Å². The maximum absolute atomic E-state index is 9.66. The molecular formula is C24H16Cl3N3O2. The second-order valence-corrected chi connectivity index (χ2v) is 7.99. The molecular weight excluding hydrogens is 469 g/mol. The molecule has 0 unspecified atom stereocenters. The van der Waals surface area contributed by atoms with Crippen molar-refractivity contribution in [3.63, 3.8) is 0 Å². The lowest BCUT2D eigenvalue weighted by Crippen LogP contribution is -2.00. The lowest BCUT2D eigenvalue weighted by molar-refractivity contribution is 0.284. The Bertz CT molecular complexity index is 1340. The van der Waals surface area contributed by atoms with E-state index >= 15 is 0 Å². The van der Waals surface area contributed by atoms with E-state index in [1.54, 1.807) is 37.5 Å². The molecule has 0 aliphatic heterocycles. The molecule has 1 aromatic heterocycles. The van der Waals surface area contributed by atoms with Gasteiger partial charge < -0.3 is 14.5 Å². The Labute approximate surface area is 199 Å². The minimum Gasteiger partial charge on any atom is -0.493 e. The number of nitrogens with one attached hydrogen (secondary N) is 1. The van der Waals surface area contributed by atoms with Crippen molar-refractivity contribution >= 4 is 57.5 Å². The Balaban J connectivity index is 1.60. The number of nitrogens with zero attached hydrogens (tertiary/aromatic N) is 2. The second kappa shape index (κ2) is 9.54. The highest BCUT2D eigenvalue weighted by molar-refractivity contribution is 6.44. The van der Waals surface area contributed by atoms with Gasteiger partial charge in [-0.1, -0.05) is 53.0 Å². The van der Waals surface area contributed by atoms with Gasteiger partial charge in [0, 0.05) is 10.6 Å². The van der Waals surface area contributed by atoms with Crippen LogP contribution in [0.4, 0.5) is 0 Å². The van der Waals surface area contributed by atoms with Crippen molar-refractivity contribution in [2.75, 3.05) is 7.11 Å². The Hall–Kier alpha value is -3.17. The van der Waals surface area contributed by atoms with Gasteiger partial charge in [0.15, 0.2) is 11.5 Å². The summed E-state index contributed by atoms with van der Waals surface area (Å²) >= 11 is 18.5. The summed E-state index contributed by atoms with van der Waals surface area (Å²) in [5, 5.41) is 10.9. The average molecular weight is 485 g/mol. The molecule has 1 heterocycles. The van der Waals surface area contributed by atoms with Gasteiger partial charge in [0.2, 0.25) is 0 Å². The molecule has 160 valence electrons. The first-order chi connectivity index (χ1) is 15.5. The topological polar surface area (TPSA) is 70.9 Å². The van der Waals surface area contributed by atoms with E-state index in [-0.39, 0.29) is 6.61 Å². The smallest absolute Gasteiger partial charge is 0.161 e. The number of benzene rings is 3. The van der Waals surface area contributed by atoms with Gasteiger partial charge in [0.05, 0.1) is 33.8 Å². The summed E-state index contributed by atoms with van der Waals surface area (Å²) < 4.78 is 11.4. The molecule has 1 N–H and O–H groups in total. The van der Waals surface area contributed by atoms with Crippen molar-refractivity contribution in [2.24, 2.45) is 0 Å². The van der Waals surface area contributed by atoms with Crippen molar-refractivity contribution in [1.29, 1.82) is 5.26 Å². The molecule has 0 aliphatic carbocycles. The fourth-order valence-electron chi connectivity index (χ4n) is 3.15. The monoisotopic (exact) mass is 483 g/mol. The quantitative estimate of drug-likeness (QED) is 0.232. The van der Waals surface area contributed by atoms with Gasteiger partial charge in [-0.25, -0.2) is 4.98 Å². The van der Waals surface area contributed by atoms with Crippen molar-refractivity contribution in [1.82, 2.24) is 9.97 Å². The van der Waals surface area contributed by atoms with Crippen LogP contribution in [-0.4, -0.2) is 17.1 Å². The number of methoxy groups -OCH3 is 1. The number of hydrogen-bond donors (Lipinski definition) is 1. The molecule has 0 saturated carbocycles. The zero-order valence-electron chi connectivity index (χ0n) is 16.8. The van der Waals surface area contributed by atoms with Crippen molar-refractivity contribution in [2.45, 2.75) is 6.61 Å². The number of H-pyrrole nitrogens is 1. The van der Waals surface area contributed by atoms with Crippen LogP contribution >= 0.6 is 34.8 Å². The summed E-state index contributed by atoms with van der Waals surface area (Å²) in [6.45, 7) is 0.117. The average Bonchev–Trinajstić information content (AvgIpc) is 3.24. The minimum atomic E-state index is 0.117. The molecule has 5 nitrogen and oxygen atoms in total. The number of nitriles is 1. The minimum absolute atomic E-state index is 0.117. The lowest BCUT2D eigenvalue weighted by Gasteiger charge is -2.13. The summed E-state index contributed by atoms with van der Waals surface area (Å²) in [7, 11) is 1.54. The van der Waals surface area contributed by atoms with Gasteiger partial charge in [-0.3, -0.25) is 0 Å². The normalized spacial score (nSPS) is 11.4. The summed E-state index contributed by atoms with van der Waals surface area (Å²) in [6.07, 6.45) is 1.73. The molecule has 8 heteroatoms. The van der Waals surface area contributed by atoms with Gasteiger partial charge in [0.25, 0.3) is 0 Å². The maximum atomic E-state index is 9.66. The van der Waals surface area contributed by atoms with Crippen LogP contribution in [-0.2, 0) is 6.61 Å². The number of aromatic nitrogens is 2. The van der Waals surface area contributed by atoms with Crippen LogP contribution < -0.4 is 9.47 Å². The molecule has 0 spiro atoms. The Kier molecular flexibility index (Phi) is 6.57. The van der Waals surface area contributed by atoms with E-state index in [2.05, 4.69) is 16.0 Å². The van der Waals surface area contributed by atoms with E-state index in [0.717, 1.165) is 16.6 Å². The number of halogens is 3. The number of aromatic amines is 1. The fraction of sp³-hybridized carbons (Fsp3) is 0.0833. The highest BCUT2D eigenvalue weighted by Crippen LogP contribution is 2.35. The molecule has 4 rings (SSSR count). The van der Waals surface area contributed by atoms with Crippen molar-refractivity contribution in [3.8, 4) is 17.6 Å². The molecule has 32 heavy (non-hydrogen) atoms. The zero-order valence-corrected chi connectivity index (χ0v) is 19.1. The van der Waals surface area contributed by atoms with Crippen LogP contribution in [0.2, 0.25) is 15.1 Å². The summed E-state index contributed by atoms with van der Waals surface area (Å²) in [5.74, 6) is 1.49. The fourth-order valence-corrected chi connectivity index (χ4v) is 3.80. The standard InChI is InChI=1S/C24H16Cl3N3O2/c1-31-22-11-14(10-15(12-28)24-29-19-4-2-3-5-20(19)30-24)6-9-21(22)32-13-16-17(25)7-8-18(26)23(16)27/h2-11H,13H2,1H3,(H,29,30)/b15-10+.